The third-order valence-electron chi connectivity index (χ3n) is 3.04. The standard InChI is InChI=1S/C12H17N5O/c1-12(2,3)10-15-16-11(18-10)14-8-6-9-13-4-5-17(9)7-8/h4-5,8H,6-7H2,1-3H3,(H,14,16). The van der Waals surface area contributed by atoms with Crippen molar-refractivity contribution in [2.75, 3.05) is 5.32 Å². The molecule has 2 aromatic heterocycles. The zero-order valence-corrected chi connectivity index (χ0v) is 10.8. The van der Waals surface area contributed by atoms with E-state index in [9.17, 15) is 0 Å². The summed E-state index contributed by atoms with van der Waals surface area (Å²) in [7, 11) is 0. The molecule has 3 rings (SSSR count). The maximum atomic E-state index is 5.62. The van der Waals surface area contributed by atoms with Crippen molar-refractivity contribution in [1.82, 2.24) is 19.7 Å². The Morgan fingerprint density at radius 3 is 2.89 bits per heavy atom. The van der Waals surface area contributed by atoms with Crippen molar-refractivity contribution in [2.24, 2.45) is 0 Å². The van der Waals surface area contributed by atoms with Crippen LogP contribution in [0.5, 0.6) is 0 Å². The van der Waals surface area contributed by atoms with Crippen molar-refractivity contribution >= 4 is 6.01 Å². The van der Waals surface area contributed by atoms with Gasteiger partial charge in [0.1, 0.15) is 5.82 Å². The van der Waals surface area contributed by atoms with Gasteiger partial charge in [-0.25, -0.2) is 4.98 Å². The number of imidazole rings is 1. The van der Waals surface area contributed by atoms with Crippen LogP contribution < -0.4 is 5.32 Å². The van der Waals surface area contributed by atoms with Crippen LogP contribution in [-0.4, -0.2) is 25.8 Å². The average Bonchev–Trinajstić information content (AvgIpc) is 2.90. The van der Waals surface area contributed by atoms with Crippen LogP contribution in [0.4, 0.5) is 6.01 Å². The fourth-order valence-electron chi connectivity index (χ4n) is 2.07. The quantitative estimate of drug-likeness (QED) is 0.873. The van der Waals surface area contributed by atoms with E-state index >= 15 is 0 Å². The van der Waals surface area contributed by atoms with Gasteiger partial charge in [0.2, 0.25) is 5.89 Å². The van der Waals surface area contributed by atoms with Gasteiger partial charge in [0.15, 0.2) is 0 Å². The summed E-state index contributed by atoms with van der Waals surface area (Å²) >= 11 is 0. The molecule has 3 heterocycles. The average molecular weight is 247 g/mol. The Kier molecular flexibility index (Phi) is 2.39. The van der Waals surface area contributed by atoms with Crippen LogP contribution in [0.2, 0.25) is 0 Å². The van der Waals surface area contributed by atoms with E-state index in [0.29, 0.717) is 11.9 Å². The predicted molar refractivity (Wildman–Crippen MR) is 66.3 cm³/mol. The van der Waals surface area contributed by atoms with Gasteiger partial charge in [0.05, 0.1) is 6.04 Å². The molecule has 0 aromatic carbocycles. The van der Waals surface area contributed by atoms with Crippen LogP contribution in [0.3, 0.4) is 0 Å². The third kappa shape index (κ3) is 1.98. The molecular weight excluding hydrogens is 230 g/mol. The number of anilines is 1. The van der Waals surface area contributed by atoms with Gasteiger partial charge >= 0.3 is 6.01 Å². The van der Waals surface area contributed by atoms with Crippen LogP contribution in [0.25, 0.3) is 0 Å². The van der Waals surface area contributed by atoms with E-state index < -0.39 is 0 Å². The second-order valence-electron chi connectivity index (χ2n) is 5.70. The van der Waals surface area contributed by atoms with Gasteiger partial charge in [-0.3, -0.25) is 0 Å². The molecule has 0 spiro atoms. The first-order valence-corrected chi connectivity index (χ1v) is 6.13. The zero-order chi connectivity index (χ0) is 12.8. The first kappa shape index (κ1) is 11.3. The largest absolute Gasteiger partial charge is 0.408 e. The summed E-state index contributed by atoms with van der Waals surface area (Å²) in [5, 5.41) is 11.4. The second kappa shape index (κ2) is 3.83. The summed E-state index contributed by atoms with van der Waals surface area (Å²) in [6.07, 6.45) is 4.71. The minimum Gasteiger partial charge on any atom is -0.408 e. The van der Waals surface area contributed by atoms with Gasteiger partial charge in [-0.05, 0) is 0 Å². The molecule has 18 heavy (non-hydrogen) atoms. The summed E-state index contributed by atoms with van der Waals surface area (Å²) < 4.78 is 7.76. The molecule has 0 aliphatic carbocycles. The predicted octanol–water partition coefficient (Wildman–Crippen LogP) is 1.60. The molecule has 0 saturated heterocycles. The van der Waals surface area contributed by atoms with Crippen LogP contribution >= 0.6 is 0 Å². The van der Waals surface area contributed by atoms with E-state index in [2.05, 4.69) is 45.8 Å². The van der Waals surface area contributed by atoms with Gasteiger partial charge in [0, 0.05) is 30.8 Å². The Labute approximate surface area is 105 Å². The Morgan fingerprint density at radius 1 is 1.39 bits per heavy atom. The monoisotopic (exact) mass is 247 g/mol. The minimum absolute atomic E-state index is 0.116. The number of nitrogens with zero attached hydrogens (tertiary/aromatic N) is 4. The molecule has 0 amide bonds. The van der Waals surface area contributed by atoms with Crippen molar-refractivity contribution in [1.29, 1.82) is 0 Å². The second-order valence-corrected chi connectivity index (χ2v) is 5.70. The summed E-state index contributed by atoms with van der Waals surface area (Å²) in [5.74, 6) is 1.75. The summed E-state index contributed by atoms with van der Waals surface area (Å²) in [6, 6.07) is 0.776. The molecule has 96 valence electrons. The third-order valence-corrected chi connectivity index (χ3v) is 3.04. The molecule has 1 N–H and O–H groups in total. The summed E-state index contributed by atoms with van der Waals surface area (Å²) in [5.41, 5.74) is -0.116. The Hall–Kier alpha value is -1.85. The Bertz CT molecular complexity index is 530. The highest BCUT2D eigenvalue weighted by Gasteiger charge is 2.25. The summed E-state index contributed by atoms with van der Waals surface area (Å²) in [4.78, 5) is 4.29. The Balaban J connectivity index is 1.68. The topological polar surface area (TPSA) is 68.8 Å². The highest BCUT2D eigenvalue weighted by Crippen LogP contribution is 2.23. The highest BCUT2D eigenvalue weighted by molar-refractivity contribution is 5.23. The maximum absolute atomic E-state index is 5.62. The van der Waals surface area contributed by atoms with Crippen LogP contribution in [-0.2, 0) is 18.4 Å². The zero-order valence-electron chi connectivity index (χ0n) is 10.8. The fraction of sp³-hybridized carbons (Fsp3) is 0.583. The molecule has 6 heteroatoms. The lowest BCUT2D eigenvalue weighted by atomic mass is 9.97. The maximum Gasteiger partial charge on any atom is 0.315 e. The van der Waals surface area contributed by atoms with Crippen molar-refractivity contribution < 1.29 is 4.42 Å². The van der Waals surface area contributed by atoms with E-state index in [1.165, 1.54) is 0 Å². The number of aromatic nitrogens is 4. The lowest BCUT2D eigenvalue weighted by Gasteiger charge is -2.12. The van der Waals surface area contributed by atoms with E-state index in [0.717, 1.165) is 18.8 Å². The van der Waals surface area contributed by atoms with Crippen LogP contribution in [0.15, 0.2) is 16.8 Å². The Morgan fingerprint density at radius 2 is 2.22 bits per heavy atom. The molecule has 1 aliphatic heterocycles. The normalized spacial score (nSPS) is 18.9. The van der Waals surface area contributed by atoms with E-state index in [-0.39, 0.29) is 11.5 Å². The molecule has 1 unspecified atom stereocenters. The molecule has 0 radical (unpaired) electrons. The van der Waals surface area contributed by atoms with Gasteiger partial charge in [-0.15, -0.1) is 5.10 Å². The molecule has 2 aromatic rings. The van der Waals surface area contributed by atoms with Gasteiger partial charge < -0.3 is 14.3 Å². The van der Waals surface area contributed by atoms with Crippen molar-refractivity contribution in [2.45, 2.75) is 45.2 Å². The van der Waals surface area contributed by atoms with Crippen molar-refractivity contribution in [3.8, 4) is 0 Å². The molecule has 0 bridgehead atoms. The number of hydrogen-bond acceptors (Lipinski definition) is 5. The van der Waals surface area contributed by atoms with E-state index in [4.69, 9.17) is 4.42 Å². The number of hydrogen-bond donors (Lipinski definition) is 1. The SMILES string of the molecule is CC(C)(C)c1nnc(NC2Cc3nccn3C2)o1. The number of rotatable bonds is 2. The molecule has 6 nitrogen and oxygen atoms in total. The summed E-state index contributed by atoms with van der Waals surface area (Å²) in [6.45, 7) is 7.04. The van der Waals surface area contributed by atoms with E-state index in [1.807, 2.05) is 12.4 Å². The molecular formula is C12H17N5O. The van der Waals surface area contributed by atoms with Crippen LogP contribution in [0, 0.1) is 0 Å². The van der Waals surface area contributed by atoms with E-state index in [1.54, 1.807) is 0 Å². The lowest BCUT2D eigenvalue weighted by Crippen LogP contribution is -2.21. The molecule has 0 saturated carbocycles. The first-order valence-electron chi connectivity index (χ1n) is 6.13. The lowest BCUT2D eigenvalue weighted by molar-refractivity contribution is 0.397. The van der Waals surface area contributed by atoms with Crippen LogP contribution in [0.1, 0.15) is 32.5 Å². The first-order chi connectivity index (χ1) is 8.52. The number of fused-ring (bicyclic) bond motifs is 1. The van der Waals surface area contributed by atoms with Gasteiger partial charge in [0.25, 0.3) is 0 Å². The fourth-order valence-corrected chi connectivity index (χ4v) is 2.07. The van der Waals surface area contributed by atoms with Crippen molar-refractivity contribution in [3.63, 3.8) is 0 Å². The smallest absolute Gasteiger partial charge is 0.315 e. The van der Waals surface area contributed by atoms with Gasteiger partial charge in [-0.1, -0.05) is 25.9 Å². The molecule has 1 atom stereocenters. The highest BCUT2D eigenvalue weighted by atomic mass is 16.4. The molecule has 0 fully saturated rings. The van der Waals surface area contributed by atoms with Crippen molar-refractivity contribution in [3.05, 3.63) is 24.1 Å². The molecule has 1 aliphatic rings. The number of nitrogens with one attached hydrogen (secondary N) is 1. The van der Waals surface area contributed by atoms with Gasteiger partial charge in [-0.2, -0.15) is 0 Å². The minimum atomic E-state index is -0.116.